The van der Waals surface area contributed by atoms with E-state index in [0.717, 1.165) is 10.7 Å². The Labute approximate surface area is 78.4 Å². The second-order valence-corrected chi connectivity index (χ2v) is 2.85. The van der Waals surface area contributed by atoms with Gasteiger partial charge in [0.05, 0.1) is 6.20 Å². The van der Waals surface area contributed by atoms with E-state index in [1.165, 1.54) is 6.07 Å². The highest BCUT2D eigenvalue weighted by atomic mass is 16.4. The van der Waals surface area contributed by atoms with Crippen LogP contribution in [0.1, 0.15) is 16.1 Å². The third-order valence-electron chi connectivity index (χ3n) is 1.81. The second-order valence-electron chi connectivity index (χ2n) is 2.85. The van der Waals surface area contributed by atoms with E-state index in [0.29, 0.717) is 5.69 Å². The lowest BCUT2D eigenvalue weighted by Gasteiger charge is -1.98. The van der Waals surface area contributed by atoms with Gasteiger partial charge in [-0.3, -0.25) is 0 Å². The molecular formula is C8H7N3O3. The zero-order valence-electron chi connectivity index (χ0n) is 7.30. The van der Waals surface area contributed by atoms with Crippen LogP contribution in [0, 0.1) is 6.92 Å². The van der Waals surface area contributed by atoms with Crippen molar-refractivity contribution in [2.45, 2.75) is 6.92 Å². The average molecular weight is 193 g/mol. The quantitative estimate of drug-likeness (QED) is 0.686. The maximum absolute atomic E-state index is 10.7. The number of rotatable bonds is 1. The zero-order valence-corrected chi connectivity index (χ0v) is 7.30. The Morgan fingerprint density at radius 1 is 1.57 bits per heavy atom. The standard InChI is InChI=1S/C8H7N3O3/c1-4-2-6(12)11-7(10-4)5(3-9-11)8(13)14/h2-3,12H,1H3,(H,13,14). The first-order valence-corrected chi connectivity index (χ1v) is 3.87. The maximum atomic E-state index is 10.7. The lowest BCUT2D eigenvalue weighted by Crippen LogP contribution is -1.99. The highest BCUT2D eigenvalue weighted by Crippen LogP contribution is 2.15. The molecule has 0 spiro atoms. The van der Waals surface area contributed by atoms with Crippen molar-refractivity contribution in [3.8, 4) is 5.88 Å². The second kappa shape index (κ2) is 2.69. The van der Waals surface area contributed by atoms with Crippen molar-refractivity contribution < 1.29 is 15.0 Å². The van der Waals surface area contributed by atoms with Gasteiger partial charge >= 0.3 is 5.97 Å². The Balaban J connectivity index is 2.85. The number of carbonyl (C=O) groups is 1. The molecule has 6 heteroatoms. The monoisotopic (exact) mass is 193 g/mol. The van der Waals surface area contributed by atoms with Crippen LogP contribution in [0.3, 0.4) is 0 Å². The number of aromatic hydroxyl groups is 1. The molecule has 0 fully saturated rings. The number of hydrogen-bond acceptors (Lipinski definition) is 4. The molecule has 14 heavy (non-hydrogen) atoms. The maximum Gasteiger partial charge on any atom is 0.341 e. The van der Waals surface area contributed by atoms with E-state index in [2.05, 4.69) is 10.1 Å². The Morgan fingerprint density at radius 3 is 2.93 bits per heavy atom. The molecule has 0 atom stereocenters. The van der Waals surface area contributed by atoms with Gasteiger partial charge in [-0.1, -0.05) is 0 Å². The van der Waals surface area contributed by atoms with Gasteiger partial charge in [0.1, 0.15) is 5.56 Å². The van der Waals surface area contributed by atoms with Crippen LogP contribution in [0.2, 0.25) is 0 Å². The van der Waals surface area contributed by atoms with E-state index in [1.807, 2.05) is 0 Å². The summed E-state index contributed by atoms with van der Waals surface area (Å²) < 4.78 is 1.08. The van der Waals surface area contributed by atoms with Crippen LogP contribution in [0.5, 0.6) is 5.88 Å². The predicted molar refractivity (Wildman–Crippen MR) is 46.3 cm³/mol. The highest BCUT2D eigenvalue weighted by molar-refractivity contribution is 5.94. The van der Waals surface area contributed by atoms with Crippen molar-refractivity contribution in [2.24, 2.45) is 0 Å². The van der Waals surface area contributed by atoms with Crippen molar-refractivity contribution in [1.82, 2.24) is 14.6 Å². The number of aromatic carboxylic acids is 1. The van der Waals surface area contributed by atoms with Crippen LogP contribution in [-0.4, -0.2) is 30.8 Å². The van der Waals surface area contributed by atoms with Gasteiger partial charge in [0.2, 0.25) is 5.88 Å². The number of carboxylic acids is 1. The first kappa shape index (κ1) is 8.49. The fraction of sp³-hybridized carbons (Fsp3) is 0.125. The van der Waals surface area contributed by atoms with Crippen LogP contribution in [0.25, 0.3) is 5.65 Å². The molecule has 0 aliphatic heterocycles. The molecule has 2 aromatic heterocycles. The normalized spacial score (nSPS) is 10.6. The Bertz CT molecular complexity index is 518. The smallest absolute Gasteiger partial charge is 0.341 e. The minimum Gasteiger partial charge on any atom is -0.493 e. The molecule has 72 valence electrons. The summed E-state index contributed by atoms with van der Waals surface area (Å²) in [6.07, 6.45) is 1.16. The number of aryl methyl sites for hydroxylation is 1. The lowest BCUT2D eigenvalue weighted by atomic mass is 10.3. The molecule has 6 nitrogen and oxygen atoms in total. The molecule has 0 amide bonds. The predicted octanol–water partition coefficient (Wildman–Crippen LogP) is 0.442. The van der Waals surface area contributed by atoms with Crippen molar-refractivity contribution in [1.29, 1.82) is 0 Å². The molecule has 2 aromatic rings. The molecule has 0 aliphatic rings. The molecule has 0 aromatic carbocycles. The van der Waals surface area contributed by atoms with E-state index in [4.69, 9.17) is 5.11 Å². The first-order chi connectivity index (χ1) is 6.59. The molecule has 0 bridgehead atoms. The van der Waals surface area contributed by atoms with Crippen LogP contribution in [0.15, 0.2) is 12.3 Å². The van der Waals surface area contributed by atoms with E-state index in [1.54, 1.807) is 6.92 Å². The SMILES string of the molecule is Cc1cc(O)n2ncc(C(=O)O)c2n1. The number of carboxylic acid groups (broad SMARTS) is 1. The third-order valence-corrected chi connectivity index (χ3v) is 1.81. The van der Waals surface area contributed by atoms with Gasteiger partial charge in [0.15, 0.2) is 5.65 Å². The van der Waals surface area contributed by atoms with Gasteiger partial charge < -0.3 is 10.2 Å². The highest BCUT2D eigenvalue weighted by Gasteiger charge is 2.14. The summed E-state index contributed by atoms with van der Waals surface area (Å²) in [7, 11) is 0. The molecular weight excluding hydrogens is 186 g/mol. The Hall–Kier alpha value is -2.11. The average Bonchev–Trinajstić information content (AvgIpc) is 2.47. The van der Waals surface area contributed by atoms with Crippen LogP contribution in [0.4, 0.5) is 0 Å². The molecule has 0 unspecified atom stereocenters. The summed E-state index contributed by atoms with van der Waals surface area (Å²) in [5.41, 5.74) is 0.664. The molecule has 2 N–H and O–H groups in total. The van der Waals surface area contributed by atoms with Gasteiger partial charge in [0, 0.05) is 11.8 Å². The van der Waals surface area contributed by atoms with Gasteiger partial charge in [-0.2, -0.15) is 9.61 Å². The fourth-order valence-corrected chi connectivity index (χ4v) is 1.22. The summed E-state index contributed by atoms with van der Waals surface area (Å²) in [4.78, 5) is 14.7. The number of hydrogen-bond donors (Lipinski definition) is 2. The van der Waals surface area contributed by atoms with Gasteiger partial charge in [-0.05, 0) is 6.92 Å². The van der Waals surface area contributed by atoms with E-state index < -0.39 is 5.97 Å². The third kappa shape index (κ3) is 1.08. The molecule has 2 heterocycles. The Kier molecular flexibility index (Phi) is 1.63. The van der Waals surface area contributed by atoms with Gasteiger partial charge in [-0.15, -0.1) is 0 Å². The Morgan fingerprint density at radius 2 is 2.29 bits per heavy atom. The van der Waals surface area contributed by atoms with E-state index in [-0.39, 0.29) is 17.1 Å². The van der Waals surface area contributed by atoms with Crippen LogP contribution in [-0.2, 0) is 0 Å². The first-order valence-electron chi connectivity index (χ1n) is 3.87. The molecule has 0 radical (unpaired) electrons. The zero-order chi connectivity index (χ0) is 10.3. The van der Waals surface area contributed by atoms with Gasteiger partial charge in [-0.25, -0.2) is 9.78 Å². The van der Waals surface area contributed by atoms with Crippen molar-refractivity contribution in [3.05, 3.63) is 23.5 Å². The summed E-state index contributed by atoms with van der Waals surface area (Å²) in [6.45, 7) is 1.67. The number of aromatic nitrogens is 3. The lowest BCUT2D eigenvalue weighted by molar-refractivity contribution is 0.0699. The summed E-state index contributed by atoms with van der Waals surface area (Å²) in [6, 6.07) is 1.41. The number of nitrogens with zero attached hydrogens (tertiary/aromatic N) is 3. The van der Waals surface area contributed by atoms with E-state index >= 15 is 0 Å². The summed E-state index contributed by atoms with van der Waals surface area (Å²) in [5, 5.41) is 21.9. The van der Waals surface area contributed by atoms with Crippen LogP contribution < -0.4 is 0 Å². The van der Waals surface area contributed by atoms with Crippen LogP contribution >= 0.6 is 0 Å². The van der Waals surface area contributed by atoms with Gasteiger partial charge in [0.25, 0.3) is 0 Å². The van der Waals surface area contributed by atoms with Crippen molar-refractivity contribution in [2.75, 3.05) is 0 Å². The van der Waals surface area contributed by atoms with E-state index in [9.17, 15) is 9.90 Å². The molecule has 0 aliphatic carbocycles. The molecule has 0 saturated heterocycles. The summed E-state index contributed by atoms with van der Waals surface area (Å²) >= 11 is 0. The largest absolute Gasteiger partial charge is 0.493 e. The minimum atomic E-state index is -1.11. The fourth-order valence-electron chi connectivity index (χ4n) is 1.22. The summed E-state index contributed by atoms with van der Waals surface area (Å²) in [5.74, 6) is -1.24. The van der Waals surface area contributed by atoms with Crippen molar-refractivity contribution >= 4 is 11.6 Å². The topological polar surface area (TPSA) is 87.7 Å². The minimum absolute atomic E-state index is 0.0241. The molecule has 0 saturated carbocycles. The molecule has 2 rings (SSSR count). The van der Waals surface area contributed by atoms with Crippen molar-refractivity contribution in [3.63, 3.8) is 0 Å². The number of fused-ring (bicyclic) bond motifs is 1.